The predicted octanol–water partition coefficient (Wildman–Crippen LogP) is 5.09. The van der Waals surface area contributed by atoms with E-state index in [0.29, 0.717) is 5.92 Å². The average Bonchev–Trinajstić information content (AvgIpc) is 2.40. The van der Waals surface area contributed by atoms with Gasteiger partial charge in [0.15, 0.2) is 0 Å². The zero-order valence-electron chi connectivity index (χ0n) is 12.0. The van der Waals surface area contributed by atoms with Crippen LogP contribution in [0, 0.1) is 12.8 Å². The first-order valence-electron chi connectivity index (χ1n) is 6.95. The van der Waals surface area contributed by atoms with Crippen molar-refractivity contribution in [1.82, 2.24) is 0 Å². The van der Waals surface area contributed by atoms with E-state index in [1.54, 1.807) is 0 Å². The van der Waals surface area contributed by atoms with Crippen LogP contribution in [0.15, 0.2) is 48.5 Å². The van der Waals surface area contributed by atoms with Crippen LogP contribution in [0.25, 0.3) is 11.1 Å². The van der Waals surface area contributed by atoms with E-state index in [1.807, 2.05) is 0 Å². The maximum absolute atomic E-state index is 5.73. The van der Waals surface area contributed by atoms with E-state index < -0.39 is 0 Å². The molecule has 2 aromatic rings. The van der Waals surface area contributed by atoms with Gasteiger partial charge in [-0.25, -0.2) is 0 Å². The molecule has 0 amide bonds. The number of benzene rings is 2. The van der Waals surface area contributed by atoms with Gasteiger partial charge in [0.05, 0.1) is 6.61 Å². The summed E-state index contributed by atoms with van der Waals surface area (Å²) in [7, 11) is 0. The summed E-state index contributed by atoms with van der Waals surface area (Å²) in [5.41, 5.74) is 3.77. The number of aryl methyl sites for hydroxylation is 1. The molecule has 0 aromatic heterocycles. The molecule has 2 rings (SSSR count). The van der Waals surface area contributed by atoms with Gasteiger partial charge in [0, 0.05) is 0 Å². The molecule has 0 unspecified atom stereocenters. The third-order valence-corrected chi connectivity index (χ3v) is 3.20. The summed E-state index contributed by atoms with van der Waals surface area (Å²) in [6.07, 6.45) is 1.10. The third kappa shape index (κ3) is 4.13. The van der Waals surface area contributed by atoms with Crippen LogP contribution in [-0.2, 0) is 0 Å². The van der Waals surface area contributed by atoms with Crippen LogP contribution >= 0.6 is 0 Å². The van der Waals surface area contributed by atoms with Crippen LogP contribution in [0.5, 0.6) is 5.75 Å². The molecule has 0 aliphatic carbocycles. The molecule has 0 aliphatic rings. The molecule has 0 saturated heterocycles. The fraction of sp³-hybridized carbons (Fsp3) is 0.333. The summed E-state index contributed by atoms with van der Waals surface area (Å²) in [5.74, 6) is 1.64. The van der Waals surface area contributed by atoms with Gasteiger partial charge in [-0.05, 0) is 42.5 Å². The van der Waals surface area contributed by atoms with E-state index in [1.165, 1.54) is 16.7 Å². The molecule has 19 heavy (non-hydrogen) atoms. The SMILES string of the molecule is Cc1ccc(-c2ccc(OCCC(C)C)cc2)cc1. The molecule has 2 aromatic carbocycles. The van der Waals surface area contributed by atoms with Crippen molar-refractivity contribution >= 4 is 0 Å². The zero-order valence-corrected chi connectivity index (χ0v) is 12.0. The highest BCUT2D eigenvalue weighted by atomic mass is 16.5. The molecule has 0 heterocycles. The second-order valence-electron chi connectivity index (χ2n) is 5.42. The Morgan fingerprint density at radius 2 is 1.37 bits per heavy atom. The zero-order chi connectivity index (χ0) is 13.7. The average molecular weight is 254 g/mol. The molecule has 0 spiro atoms. The lowest BCUT2D eigenvalue weighted by Crippen LogP contribution is -2.01. The first kappa shape index (κ1) is 13.7. The summed E-state index contributed by atoms with van der Waals surface area (Å²) in [6, 6.07) is 16.9. The molecule has 0 saturated carbocycles. The van der Waals surface area contributed by atoms with Gasteiger partial charge in [-0.15, -0.1) is 0 Å². The Morgan fingerprint density at radius 1 is 0.842 bits per heavy atom. The lowest BCUT2D eigenvalue weighted by atomic mass is 10.0. The maximum atomic E-state index is 5.73. The summed E-state index contributed by atoms with van der Waals surface area (Å²) in [5, 5.41) is 0. The molecule has 100 valence electrons. The highest BCUT2D eigenvalue weighted by molar-refractivity contribution is 5.64. The number of ether oxygens (including phenoxy) is 1. The van der Waals surface area contributed by atoms with Gasteiger partial charge in [-0.2, -0.15) is 0 Å². The number of hydrogen-bond acceptors (Lipinski definition) is 1. The molecule has 0 N–H and O–H groups in total. The second kappa shape index (κ2) is 6.42. The minimum Gasteiger partial charge on any atom is -0.494 e. The molecule has 0 aliphatic heterocycles. The van der Waals surface area contributed by atoms with E-state index in [0.717, 1.165) is 18.8 Å². The van der Waals surface area contributed by atoms with Crippen molar-refractivity contribution in [2.24, 2.45) is 5.92 Å². The summed E-state index contributed by atoms with van der Waals surface area (Å²) in [6.45, 7) is 7.32. The Bertz CT molecular complexity index is 494. The monoisotopic (exact) mass is 254 g/mol. The van der Waals surface area contributed by atoms with Crippen molar-refractivity contribution in [3.63, 3.8) is 0 Å². The van der Waals surface area contributed by atoms with Gasteiger partial charge in [0.1, 0.15) is 5.75 Å². The number of rotatable bonds is 5. The standard InChI is InChI=1S/C18H22O/c1-14(2)12-13-19-18-10-8-17(9-11-18)16-6-4-15(3)5-7-16/h4-11,14H,12-13H2,1-3H3. The van der Waals surface area contributed by atoms with E-state index in [2.05, 4.69) is 69.3 Å². The van der Waals surface area contributed by atoms with E-state index >= 15 is 0 Å². The second-order valence-corrected chi connectivity index (χ2v) is 5.42. The van der Waals surface area contributed by atoms with Crippen molar-refractivity contribution in [1.29, 1.82) is 0 Å². The van der Waals surface area contributed by atoms with Crippen molar-refractivity contribution in [3.05, 3.63) is 54.1 Å². The van der Waals surface area contributed by atoms with Crippen molar-refractivity contribution in [3.8, 4) is 16.9 Å². The summed E-state index contributed by atoms with van der Waals surface area (Å²) in [4.78, 5) is 0. The number of hydrogen-bond donors (Lipinski definition) is 0. The summed E-state index contributed by atoms with van der Waals surface area (Å²) < 4.78 is 5.73. The first-order valence-corrected chi connectivity index (χ1v) is 6.95. The van der Waals surface area contributed by atoms with Crippen LogP contribution in [0.4, 0.5) is 0 Å². The Labute approximate surface area is 116 Å². The fourth-order valence-electron chi connectivity index (χ4n) is 1.90. The van der Waals surface area contributed by atoms with Crippen molar-refractivity contribution in [2.45, 2.75) is 27.2 Å². The minimum atomic E-state index is 0.687. The van der Waals surface area contributed by atoms with Gasteiger partial charge in [-0.3, -0.25) is 0 Å². The van der Waals surface area contributed by atoms with Crippen LogP contribution in [0.3, 0.4) is 0 Å². The molecular formula is C18H22O. The first-order chi connectivity index (χ1) is 9.15. The van der Waals surface area contributed by atoms with Gasteiger partial charge in [0.25, 0.3) is 0 Å². The van der Waals surface area contributed by atoms with E-state index in [4.69, 9.17) is 4.74 Å². The van der Waals surface area contributed by atoms with Gasteiger partial charge in [-0.1, -0.05) is 55.8 Å². The van der Waals surface area contributed by atoms with Gasteiger partial charge >= 0.3 is 0 Å². The van der Waals surface area contributed by atoms with Gasteiger partial charge < -0.3 is 4.74 Å². The Morgan fingerprint density at radius 3 is 1.89 bits per heavy atom. The normalized spacial score (nSPS) is 10.7. The van der Waals surface area contributed by atoms with Crippen LogP contribution < -0.4 is 4.74 Å². The maximum Gasteiger partial charge on any atom is 0.119 e. The fourth-order valence-corrected chi connectivity index (χ4v) is 1.90. The highest BCUT2D eigenvalue weighted by Gasteiger charge is 1.99. The molecule has 1 nitrogen and oxygen atoms in total. The largest absolute Gasteiger partial charge is 0.494 e. The minimum absolute atomic E-state index is 0.687. The van der Waals surface area contributed by atoms with Crippen LogP contribution in [-0.4, -0.2) is 6.61 Å². The molecule has 0 fully saturated rings. The lowest BCUT2D eigenvalue weighted by Gasteiger charge is -2.09. The molecular weight excluding hydrogens is 232 g/mol. The Kier molecular flexibility index (Phi) is 4.62. The summed E-state index contributed by atoms with van der Waals surface area (Å²) >= 11 is 0. The topological polar surface area (TPSA) is 9.23 Å². The van der Waals surface area contributed by atoms with E-state index in [9.17, 15) is 0 Å². The van der Waals surface area contributed by atoms with E-state index in [-0.39, 0.29) is 0 Å². The smallest absolute Gasteiger partial charge is 0.119 e. The molecule has 1 heteroatoms. The highest BCUT2D eigenvalue weighted by Crippen LogP contribution is 2.22. The predicted molar refractivity (Wildman–Crippen MR) is 81.6 cm³/mol. The Balaban J connectivity index is 2.00. The van der Waals surface area contributed by atoms with Crippen molar-refractivity contribution in [2.75, 3.05) is 6.61 Å². The Hall–Kier alpha value is -1.76. The van der Waals surface area contributed by atoms with Gasteiger partial charge in [0.2, 0.25) is 0 Å². The molecule has 0 bridgehead atoms. The quantitative estimate of drug-likeness (QED) is 0.722. The lowest BCUT2D eigenvalue weighted by molar-refractivity contribution is 0.289. The third-order valence-electron chi connectivity index (χ3n) is 3.20. The molecule has 0 atom stereocenters. The molecule has 0 radical (unpaired) electrons. The van der Waals surface area contributed by atoms with Crippen LogP contribution in [0.2, 0.25) is 0 Å². The van der Waals surface area contributed by atoms with Crippen molar-refractivity contribution < 1.29 is 4.74 Å². The van der Waals surface area contributed by atoms with Crippen LogP contribution in [0.1, 0.15) is 25.8 Å².